The van der Waals surface area contributed by atoms with Crippen molar-refractivity contribution in [1.82, 2.24) is 8.96 Å². The van der Waals surface area contributed by atoms with Crippen molar-refractivity contribution in [3.63, 3.8) is 0 Å². The molecule has 0 aliphatic carbocycles. The summed E-state index contributed by atoms with van der Waals surface area (Å²) in [5, 5.41) is 0. The minimum atomic E-state index is 0.758. The SMILES string of the molecule is C=C(CSn1c(C)nc2cc(OC)ccc21)/C(C)=C(OC)\C(C)=C/C. The van der Waals surface area contributed by atoms with E-state index in [1.54, 1.807) is 26.2 Å². The van der Waals surface area contributed by atoms with E-state index in [9.17, 15) is 0 Å². The molecule has 0 aliphatic heterocycles. The second-order valence-corrected chi connectivity index (χ2v) is 6.73. The first-order valence-corrected chi connectivity index (χ1v) is 9.09. The summed E-state index contributed by atoms with van der Waals surface area (Å²) in [6, 6.07) is 5.95. The lowest BCUT2D eigenvalue weighted by Crippen LogP contribution is -2.00. The van der Waals surface area contributed by atoms with Crippen LogP contribution in [0.5, 0.6) is 5.75 Å². The maximum Gasteiger partial charge on any atom is 0.124 e. The Balaban J connectivity index is 2.24. The van der Waals surface area contributed by atoms with Crippen molar-refractivity contribution in [2.24, 2.45) is 0 Å². The minimum Gasteiger partial charge on any atom is -0.497 e. The van der Waals surface area contributed by atoms with Gasteiger partial charge in [-0.2, -0.15) is 0 Å². The van der Waals surface area contributed by atoms with Crippen LogP contribution in [0.3, 0.4) is 0 Å². The highest BCUT2D eigenvalue weighted by molar-refractivity contribution is 7.98. The molecular weight excluding hydrogens is 332 g/mol. The summed E-state index contributed by atoms with van der Waals surface area (Å²) in [6.07, 6.45) is 2.05. The Morgan fingerprint density at radius 2 is 2.04 bits per heavy atom. The molecule has 0 radical (unpaired) electrons. The summed E-state index contributed by atoms with van der Waals surface area (Å²) in [7, 11) is 3.37. The number of rotatable bonds is 7. The average Bonchev–Trinajstić information content (AvgIpc) is 2.93. The fourth-order valence-corrected chi connectivity index (χ4v) is 3.62. The van der Waals surface area contributed by atoms with Gasteiger partial charge in [-0.25, -0.2) is 4.98 Å². The predicted molar refractivity (Wildman–Crippen MR) is 107 cm³/mol. The number of hydrogen-bond donors (Lipinski definition) is 0. The Labute approximate surface area is 154 Å². The van der Waals surface area contributed by atoms with Gasteiger partial charge >= 0.3 is 0 Å². The van der Waals surface area contributed by atoms with E-state index in [4.69, 9.17) is 9.47 Å². The highest BCUT2D eigenvalue weighted by Crippen LogP contribution is 2.28. The lowest BCUT2D eigenvalue weighted by Gasteiger charge is -2.14. The zero-order valence-electron chi connectivity index (χ0n) is 15.8. The lowest BCUT2D eigenvalue weighted by molar-refractivity contribution is 0.297. The van der Waals surface area contributed by atoms with Crippen LogP contribution < -0.4 is 4.74 Å². The molecule has 0 unspecified atom stereocenters. The van der Waals surface area contributed by atoms with Gasteiger partial charge in [0.25, 0.3) is 0 Å². The molecule has 1 aromatic carbocycles. The van der Waals surface area contributed by atoms with E-state index in [2.05, 4.69) is 22.5 Å². The molecule has 5 heteroatoms. The molecule has 0 aliphatic rings. The van der Waals surface area contributed by atoms with Crippen molar-refractivity contribution in [3.05, 3.63) is 59.2 Å². The Bertz CT molecular complexity index is 847. The molecule has 0 saturated carbocycles. The molecule has 0 spiro atoms. The van der Waals surface area contributed by atoms with Crippen LogP contribution in [0.25, 0.3) is 11.0 Å². The molecule has 25 heavy (non-hydrogen) atoms. The first-order valence-electron chi connectivity index (χ1n) is 8.15. The molecule has 0 fully saturated rings. The number of fused-ring (bicyclic) bond motifs is 1. The van der Waals surface area contributed by atoms with Crippen molar-refractivity contribution in [2.45, 2.75) is 27.7 Å². The summed E-state index contributed by atoms with van der Waals surface area (Å²) in [5.41, 5.74) is 5.24. The summed E-state index contributed by atoms with van der Waals surface area (Å²) < 4.78 is 13.0. The Kier molecular flexibility index (Phi) is 6.37. The molecule has 1 aromatic heterocycles. The molecule has 0 atom stereocenters. The number of aromatic nitrogens is 2. The molecule has 0 saturated heterocycles. The summed E-state index contributed by atoms with van der Waals surface area (Å²) >= 11 is 1.68. The molecule has 134 valence electrons. The minimum absolute atomic E-state index is 0.758. The number of imidazole rings is 1. The van der Waals surface area contributed by atoms with Crippen LogP contribution in [-0.2, 0) is 4.74 Å². The number of benzene rings is 1. The molecule has 0 bridgehead atoms. The van der Waals surface area contributed by atoms with Crippen molar-refractivity contribution in [3.8, 4) is 5.75 Å². The summed E-state index contributed by atoms with van der Waals surface area (Å²) in [6.45, 7) is 12.4. The fourth-order valence-electron chi connectivity index (χ4n) is 2.60. The van der Waals surface area contributed by atoms with E-state index in [1.807, 2.05) is 45.0 Å². The van der Waals surface area contributed by atoms with E-state index in [0.717, 1.165) is 50.8 Å². The van der Waals surface area contributed by atoms with Gasteiger partial charge in [0.2, 0.25) is 0 Å². The standard InChI is InChI=1S/C20H26N2O2S/c1-8-13(2)20(24-7)15(4)14(3)12-25-22-16(5)21-18-11-17(23-6)9-10-19(18)22/h8-11H,3,12H2,1-2,4-7H3/b13-8-,20-15+. The van der Waals surface area contributed by atoms with Gasteiger partial charge in [0.1, 0.15) is 17.3 Å². The second-order valence-electron chi connectivity index (χ2n) is 5.81. The highest BCUT2D eigenvalue weighted by atomic mass is 32.2. The Morgan fingerprint density at radius 1 is 1.32 bits per heavy atom. The van der Waals surface area contributed by atoms with Crippen molar-refractivity contribution in [2.75, 3.05) is 20.0 Å². The first kappa shape index (κ1) is 19.2. The molecule has 4 nitrogen and oxygen atoms in total. The monoisotopic (exact) mass is 358 g/mol. The van der Waals surface area contributed by atoms with E-state index in [0.29, 0.717) is 0 Å². The van der Waals surface area contributed by atoms with Gasteiger partial charge in [-0.05, 0) is 68.5 Å². The van der Waals surface area contributed by atoms with Crippen LogP contribution in [0, 0.1) is 6.92 Å². The zero-order chi connectivity index (χ0) is 18.6. The number of ether oxygens (including phenoxy) is 2. The molecule has 2 aromatic rings. The number of methoxy groups -OCH3 is 2. The molecule has 0 N–H and O–H groups in total. The van der Waals surface area contributed by atoms with Crippen molar-refractivity contribution < 1.29 is 9.47 Å². The van der Waals surface area contributed by atoms with Gasteiger partial charge in [-0.1, -0.05) is 12.7 Å². The first-order chi connectivity index (χ1) is 11.9. The number of allylic oxidation sites excluding steroid dienone is 3. The van der Waals surface area contributed by atoms with E-state index in [1.165, 1.54) is 0 Å². The molecule has 1 heterocycles. The van der Waals surface area contributed by atoms with E-state index in [-0.39, 0.29) is 0 Å². The van der Waals surface area contributed by atoms with Gasteiger partial charge < -0.3 is 9.47 Å². The second kappa shape index (κ2) is 8.30. The predicted octanol–water partition coefficient (Wildman–Crippen LogP) is 5.29. The third-order valence-corrected chi connectivity index (χ3v) is 5.41. The van der Waals surface area contributed by atoms with Crippen molar-refractivity contribution in [1.29, 1.82) is 0 Å². The van der Waals surface area contributed by atoms with Gasteiger partial charge in [-0.3, -0.25) is 3.97 Å². The fraction of sp³-hybridized carbons (Fsp3) is 0.350. The third kappa shape index (κ3) is 4.10. The largest absolute Gasteiger partial charge is 0.497 e. The normalized spacial score (nSPS) is 13.0. The topological polar surface area (TPSA) is 36.3 Å². The molecular formula is C20H26N2O2S. The van der Waals surface area contributed by atoms with Gasteiger partial charge in [-0.15, -0.1) is 0 Å². The van der Waals surface area contributed by atoms with Crippen LogP contribution in [0.1, 0.15) is 26.6 Å². The van der Waals surface area contributed by atoms with Crippen LogP contribution in [-0.4, -0.2) is 28.9 Å². The van der Waals surface area contributed by atoms with Crippen molar-refractivity contribution >= 4 is 23.0 Å². The highest BCUT2D eigenvalue weighted by Gasteiger charge is 2.12. The third-order valence-electron chi connectivity index (χ3n) is 4.21. The maximum absolute atomic E-state index is 5.55. The number of hydrogen-bond acceptors (Lipinski definition) is 4. The van der Waals surface area contributed by atoms with E-state index < -0.39 is 0 Å². The van der Waals surface area contributed by atoms with Gasteiger partial charge in [0.15, 0.2) is 0 Å². The van der Waals surface area contributed by atoms with Crippen LogP contribution in [0.2, 0.25) is 0 Å². The maximum atomic E-state index is 5.55. The zero-order valence-corrected chi connectivity index (χ0v) is 16.7. The lowest BCUT2D eigenvalue weighted by atomic mass is 10.1. The number of aryl methyl sites for hydroxylation is 1. The smallest absolute Gasteiger partial charge is 0.124 e. The van der Waals surface area contributed by atoms with Crippen LogP contribution in [0.15, 0.2) is 53.3 Å². The number of nitrogens with zero attached hydrogens (tertiary/aromatic N) is 2. The molecule has 2 rings (SSSR count). The van der Waals surface area contributed by atoms with Gasteiger partial charge in [0.05, 0.1) is 25.3 Å². The molecule has 0 amide bonds. The quantitative estimate of drug-likeness (QED) is 0.497. The Morgan fingerprint density at radius 3 is 2.64 bits per heavy atom. The Hall–Kier alpha value is -2.14. The van der Waals surface area contributed by atoms with Crippen LogP contribution in [0.4, 0.5) is 0 Å². The van der Waals surface area contributed by atoms with E-state index >= 15 is 0 Å². The summed E-state index contributed by atoms with van der Waals surface area (Å²) in [4.78, 5) is 4.62. The summed E-state index contributed by atoms with van der Waals surface area (Å²) in [5.74, 6) is 3.43. The van der Waals surface area contributed by atoms with Gasteiger partial charge in [0, 0.05) is 11.8 Å². The average molecular weight is 359 g/mol. The van der Waals surface area contributed by atoms with Crippen LogP contribution >= 0.6 is 11.9 Å².